The normalized spacial score (nSPS) is 8.75. The maximum Gasteiger partial charge on any atom is 0.246 e. The highest BCUT2D eigenvalue weighted by atomic mass is 16.1. The molecule has 0 aliphatic rings. The summed E-state index contributed by atoms with van der Waals surface area (Å²) in [6.07, 6.45) is 1.37. The van der Waals surface area contributed by atoms with Crippen molar-refractivity contribution in [2.24, 2.45) is 0 Å². The van der Waals surface area contributed by atoms with Crippen molar-refractivity contribution in [2.75, 3.05) is 13.1 Å². The van der Waals surface area contributed by atoms with Crippen molar-refractivity contribution in [3.05, 3.63) is 12.2 Å². The Balaban J connectivity index is 3.25. The number of carbonyl (C=O) groups is 2. The van der Waals surface area contributed by atoms with Gasteiger partial charge in [-0.1, -0.05) is 6.58 Å². The summed E-state index contributed by atoms with van der Waals surface area (Å²) in [6.45, 7) is 6.28. The lowest BCUT2D eigenvalue weighted by Crippen LogP contribution is -2.27. The Morgan fingerprint density at radius 3 is 2.67 bits per heavy atom. The molecule has 0 aliphatic heterocycles. The van der Waals surface area contributed by atoms with E-state index >= 15 is 0 Å². The fourth-order valence-corrected chi connectivity index (χ4v) is 0.602. The van der Waals surface area contributed by atoms with E-state index < -0.39 is 0 Å². The quantitative estimate of drug-likeness (QED) is 0.330. The molecular weight excluding hydrogens is 156 g/mol. The Kier molecular flexibility index (Phi) is 5.69. The van der Waals surface area contributed by atoms with Crippen molar-refractivity contribution in [3.8, 4) is 0 Å². The first-order valence-electron chi connectivity index (χ1n) is 3.79. The van der Waals surface area contributed by atoms with E-state index in [4.69, 9.17) is 0 Å². The van der Waals surface area contributed by atoms with Crippen molar-refractivity contribution in [1.29, 1.82) is 0 Å². The van der Waals surface area contributed by atoms with Crippen molar-refractivity contribution in [3.63, 3.8) is 0 Å². The van der Waals surface area contributed by atoms with Crippen molar-refractivity contribution in [2.45, 2.75) is 13.3 Å². The molecular formula is C8H14N2O2. The van der Waals surface area contributed by atoms with E-state index in [-0.39, 0.29) is 5.91 Å². The Labute approximate surface area is 72.0 Å². The van der Waals surface area contributed by atoms with E-state index in [0.29, 0.717) is 25.1 Å². The van der Waals surface area contributed by atoms with Crippen molar-refractivity contribution >= 4 is 12.3 Å². The lowest BCUT2D eigenvalue weighted by Gasteiger charge is -2.03. The zero-order valence-corrected chi connectivity index (χ0v) is 7.22. The van der Waals surface area contributed by atoms with Gasteiger partial charge in [0.2, 0.25) is 12.3 Å². The van der Waals surface area contributed by atoms with Crippen LogP contribution in [-0.4, -0.2) is 25.4 Å². The minimum absolute atomic E-state index is 0.138. The van der Waals surface area contributed by atoms with Crippen LogP contribution in [0.25, 0.3) is 0 Å². The third-order valence-corrected chi connectivity index (χ3v) is 1.25. The number of amides is 2. The highest BCUT2D eigenvalue weighted by Crippen LogP contribution is 1.84. The Hall–Kier alpha value is -1.32. The number of hydrogen-bond donors (Lipinski definition) is 2. The van der Waals surface area contributed by atoms with Gasteiger partial charge in [-0.05, 0) is 13.3 Å². The van der Waals surface area contributed by atoms with E-state index in [0.717, 1.165) is 6.42 Å². The summed E-state index contributed by atoms with van der Waals surface area (Å²) in [5.74, 6) is -0.138. The van der Waals surface area contributed by atoms with Gasteiger partial charge in [-0.3, -0.25) is 9.59 Å². The SMILES string of the molecule is C=C(C)C(=O)NCCCNC=O. The summed E-state index contributed by atoms with van der Waals surface area (Å²) in [7, 11) is 0. The van der Waals surface area contributed by atoms with E-state index in [2.05, 4.69) is 17.2 Å². The van der Waals surface area contributed by atoms with Gasteiger partial charge in [0.25, 0.3) is 0 Å². The standard InChI is InChI=1S/C8H14N2O2/c1-7(2)8(12)10-5-3-4-9-6-11/h6H,1,3-5H2,2H3,(H,9,11)(H,10,12). The first kappa shape index (κ1) is 10.7. The van der Waals surface area contributed by atoms with Crippen LogP contribution < -0.4 is 10.6 Å². The largest absolute Gasteiger partial charge is 0.359 e. The summed E-state index contributed by atoms with van der Waals surface area (Å²) in [6, 6.07) is 0. The first-order valence-corrected chi connectivity index (χ1v) is 3.79. The van der Waals surface area contributed by atoms with Crippen LogP contribution in [0, 0.1) is 0 Å². The maximum atomic E-state index is 10.9. The zero-order valence-electron chi connectivity index (χ0n) is 7.22. The molecule has 0 saturated heterocycles. The topological polar surface area (TPSA) is 58.2 Å². The van der Waals surface area contributed by atoms with E-state index in [1.54, 1.807) is 6.92 Å². The second kappa shape index (κ2) is 6.39. The summed E-state index contributed by atoms with van der Waals surface area (Å²) in [4.78, 5) is 20.7. The Bertz CT molecular complexity index is 178. The van der Waals surface area contributed by atoms with Gasteiger partial charge >= 0.3 is 0 Å². The fraction of sp³-hybridized carbons (Fsp3) is 0.500. The van der Waals surface area contributed by atoms with Gasteiger partial charge in [0.1, 0.15) is 0 Å². The number of carbonyl (C=O) groups excluding carboxylic acids is 2. The average Bonchev–Trinajstić information content (AvgIpc) is 2.03. The number of hydrogen-bond acceptors (Lipinski definition) is 2. The zero-order chi connectivity index (χ0) is 9.40. The third-order valence-electron chi connectivity index (χ3n) is 1.25. The summed E-state index contributed by atoms with van der Waals surface area (Å²) in [5.41, 5.74) is 0.498. The highest BCUT2D eigenvalue weighted by molar-refractivity contribution is 5.91. The van der Waals surface area contributed by atoms with Gasteiger partial charge < -0.3 is 10.6 Å². The second-order valence-electron chi connectivity index (χ2n) is 2.46. The van der Waals surface area contributed by atoms with E-state index in [1.165, 1.54) is 0 Å². The minimum atomic E-state index is -0.138. The molecule has 0 aromatic heterocycles. The molecule has 0 fully saturated rings. The third kappa shape index (κ3) is 5.46. The van der Waals surface area contributed by atoms with E-state index in [1.807, 2.05) is 0 Å². The van der Waals surface area contributed by atoms with E-state index in [9.17, 15) is 9.59 Å². The van der Waals surface area contributed by atoms with Crippen LogP contribution in [-0.2, 0) is 9.59 Å². The van der Waals surface area contributed by atoms with Crippen LogP contribution >= 0.6 is 0 Å². The molecule has 4 nitrogen and oxygen atoms in total. The average molecular weight is 170 g/mol. The number of rotatable bonds is 6. The predicted molar refractivity (Wildman–Crippen MR) is 46.5 cm³/mol. The molecule has 0 heterocycles. The van der Waals surface area contributed by atoms with Gasteiger partial charge in [0.05, 0.1) is 0 Å². The lowest BCUT2D eigenvalue weighted by atomic mass is 10.3. The molecule has 0 aromatic carbocycles. The van der Waals surface area contributed by atoms with Gasteiger partial charge in [0.15, 0.2) is 0 Å². The molecule has 2 amide bonds. The molecule has 12 heavy (non-hydrogen) atoms. The molecule has 0 aliphatic carbocycles. The molecule has 0 aromatic rings. The molecule has 0 atom stereocenters. The molecule has 0 spiro atoms. The summed E-state index contributed by atoms with van der Waals surface area (Å²) in [5, 5.41) is 5.14. The maximum absolute atomic E-state index is 10.9. The predicted octanol–water partition coefficient (Wildman–Crippen LogP) is -0.185. The molecule has 68 valence electrons. The van der Waals surface area contributed by atoms with Crippen molar-refractivity contribution < 1.29 is 9.59 Å². The van der Waals surface area contributed by atoms with Crippen LogP contribution in [0.2, 0.25) is 0 Å². The number of nitrogens with one attached hydrogen (secondary N) is 2. The lowest BCUT2D eigenvalue weighted by molar-refractivity contribution is -0.117. The summed E-state index contributed by atoms with van der Waals surface area (Å²) >= 11 is 0. The molecule has 0 bridgehead atoms. The molecule has 0 radical (unpaired) electrons. The Morgan fingerprint density at radius 2 is 2.17 bits per heavy atom. The molecule has 0 unspecified atom stereocenters. The second-order valence-corrected chi connectivity index (χ2v) is 2.46. The highest BCUT2D eigenvalue weighted by Gasteiger charge is 1.98. The first-order chi connectivity index (χ1) is 5.68. The van der Waals surface area contributed by atoms with Gasteiger partial charge in [-0.25, -0.2) is 0 Å². The van der Waals surface area contributed by atoms with Crippen LogP contribution in [0.5, 0.6) is 0 Å². The minimum Gasteiger partial charge on any atom is -0.359 e. The summed E-state index contributed by atoms with van der Waals surface area (Å²) < 4.78 is 0. The van der Waals surface area contributed by atoms with Gasteiger partial charge in [-0.2, -0.15) is 0 Å². The van der Waals surface area contributed by atoms with Crippen molar-refractivity contribution in [1.82, 2.24) is 10.6 Å². The molecule has 0 saturated carbocycles. The monoisotopic (exact) mass is 170 g/mol. The van der Waals surface area contributed by atoms with Crippen LogP contribution in [0.15, 0.2) is 12.2 Å². The van der Waals surface area contributed by atoms with Gasteiger partial charge in [0, 0.05) is 18.7 Å². The van der Waals surface area contributed by atoms with Crippen LogP contribution in [0.3, 0.4) is 0 Å². The van der Waals surface area contributed by atoms with Gasteiger partial charge in [-0.15, -0.1) is 0 Å². The Morgan fingerprint density at radius 1 is 1.50 bits per heavy atom. The molecule has 0 rings (SSSR count). The molecule has 2 N–H and O–H groups in total. The fourth-order valence-electron chi connectivity index (χ4n) is 0.602. The smallest absolute Gasteiger partial charge is 0.246 e. The molecule has 4 heteroatoms. The van der Waals surface area contributed by atoms with Crippen LogP contribution in [0.1, 0.15) is 13.3 Å². The van der Waals surface area contributed by atoms with Crippen LogP contribution in [0.4, 0.5) is 0 Å².